The van der Waals surface area contributed by atoms with Crippen molar-refractivity contribution < 1.29 is 15.0 Å². The number of hydrogen-bond donors (Lipinski definition) is 3. The highest BCUT2D eigenvalue weighted by Crippen LogP contribution is 2.27. The fourth-order valence-corrected chi connectivity index (χ4v) is 2.36. The number of nitrogens with one attached hydrogen (secondary N) is 1. The van der Waals surface area contributed by atoms with Crippen molar-refractivity contribution in [2.45, 2.75) is 13.0 Å². The van der Waals surface area contributed by atoms with Crippen LogP contribution in [0, 0.1) is 0 Å². The van der Waals surface area contributed by atoms with Gasteiger partial charge in [-0.25, -0.2) is 4.79 Å². The molecule has 1 aliphatic heterocycles. The van der Waals surface area contributed by atoms with Crippen LogP contribution >= 0.6 is 0 Å². The molecule has 7 heteroatoms. The van der Waals surface area contributed by atoms with E-state index in [9.17, 15) is 19.5 Å². The molecule has 0 amide bonds. The number of carboxylic acid groups (broad SMARTS) is 1. The Morgan fingerprint density at radius 1 is 1.30 bits per heavy atom. The number of nitrogens with zero attached hydrogens (tertiary/aromatic N) is 1. The third-order valence-electron chi connectivity index (χ3n) is 3.34. The second-order valence-corrected chi connectivity index (χ2v) is 4.57. The number of aromatic amines is 1. The molecule has 3 rings (SSSR count). The van der Waals surface area contributed by atoms with E-state index in [1.165, 1.54) is 18.3 Å². The number of fused-ring (bicyclic) bond motifs is 3. The summed E-state index contributed by atoms with van der Waals surface area (Å²) in [5.41, 5.74) is 0.0202. The first-order valence-corrected chi connectivity index (χ1v) is 5.90. The van der Waals surface area contributed by atoms with Crippen molar-refractivity contribution in [3.05, 3.63) is 50.0 Å². The fourth-order valence-electron chi connectivity index (χ4n) is 2.36. The van der Waals surface area contributed by atoms with Crippen LogP contribution in [-0.2, 0) is 13.0 Å². The maximum absolute atomic E-state index is 11.8. The Labute approximate surface area is 111 Å². The Balaban J connectivity index is 2.30. The predicted molar refractivity (Wildman–Crippen MR) is 69.1 cm³/mol. The van der Waals surface area contributed by atoms with Crippen LogP contribution < -0.4 is 11.0 Å². The summed E-state index contributed by atoms with van der Waals surface area (Å²) in [5.74, 6) is -1.66. The molecule has 2 aromatic heterocycles. The lowest BCUT2D eigenvalue weighted by Crippen LogP contribution is -2.23. The van der Waals surface area contributed by atoms with Gasteiger partial charge in [0.1, 0.15) is 5.56 Å². The molecule has 0 saturated carbocycles. The summed E-state index contributed by atoms with van der Waals surface area (Å²) in [6.45, 7) is 0.467. The van der Waals surface area contributed by atoms with Crippen molar-refractivity contribution in [1.82, 2.24) is 9.55 Å². The molecule has 0 fully saturated rings. The minimum atomic E-state index is -1.28. The lowest BCUT2D eigenvalue weighted by Gasteiger charge is -2.22. The molecule has 1 aliphatic rings. The number of rotatable bonds is 1. The van der Waals surface area contributed by atoms with E-state index in [4.69, 9.17) is 5.11 Å². The van der Waals surface area contributed by atoms with Crippen LogP contribution in [0.3, 0.4) is 0 Å². The first-order chi connectivity index (χ1) is 9.47. The van der Waals surface area contributed by atoms with Crippen molar-refractivity contribution in [3.8, 4) is 17.1 Å². The molecule has 0 bridgehead atoms. The largest absolute Gasteiger partial charge is 0.503 e. The molecule has 0 radical (unpaired) electrons. The first-order valence-electron chi connectivity index (χ1n) is 5.90. The molecule has 20 heavy (non-hydrogen) atoms. The van der Waals surface area contributed by atoms with Gasteiger partial charge in [0.15, 0.2) is 11.2 Å². The van der Waals surface area contributed by atoms with E-state index in [2.05, 4.69) is 4.98 Å². The zero-order valence-electron chi connectivity index (χ0n) is 10.2. The van der Waals surface area contributed by atoms with Crippen molar-refractivity contribution in [3.63, 3.8) is 0 Å². The summed E-state index contributed by atoms with van der Waals surface area (Å²) in [5, 5.41) is 18.3. The number of carbonyl (C=O) groups is 1. The number of H-pyrrole nitrogens is 1. The normalized spacial score (nSPS) is 12.6. The van der Waals surface area contributed by atoms with E-state index in [1.54, 1.807) is 4.57 Å². The fraction of sp³-hybridized carbons (Fsp3) is 0.154. The zero-order chi connectivity index (χ0) is 14.4. The molecular weight excluding hydrogens is 264 g/mol. The van der Waals surface area contributed by atoms with E-state index in [0.29, 0.717) is 29.9 Å². The van der Waals surface area contributed by atoms with Crippen LogP contribution in [-0.4, -0.2) is 25.7 Å². The summed E-state index contributed by atoms with van der Waals surface area (Å²) >= 11 is 0. The molecule has 0 unspecified atom stereocenters. The number of aromatic hydroxyl groups is 1. The summed E-state index contributed by atoms with van der Waals surface area (Å²) in [6, 6.07) is 2.56. The monoisotopic (exact) mass is 274 g/mol. The minimum Gasteiger partial charge on any atom is -0.503 e. The topological polar surface area (TPSA) is 112 Å². The molecular formula is C13H10N2O5. The Bertz CT molecular complexity index is 847. The van der Waals surface area contributed by atoms with Crippen LogP contribution in [0.15, 0.2) is 27.9 Å². The van der Waals surface area contributed by atoms with Gasteiger partial charge in [0.2, 0.25) is 0 Å². The van der Waals surface area contributed by atoms with Crippen LogP contribution in [0.4, 0.5) is 0 Å². The number of aryl methyl sites for hydroxylation is 2. The lowest BCUT2D eigenvalue weighted by atomic mass is 10.0. The van der Waals surface area contributed by atoms with Gasteiger partial charge in [-0.05, 0) is 18.1 Å². The second kappa shape index (κ2) is 4.09. The van der Waals surface area contributed by atoms with Gasteiger partial charge in [0.05, 0.1) is 11.4 Å². The molecule has 0 aliphatic carbocycles. The van der Waals surface area contributed by atoms with Gasteiger partial charge in [-0.1, -0.05) is 0 Å². The Morgan fingerprint density at radius 2 is 2.05 bits per heavy atom. The molecule has 7 nitrogen and oxygen atoms in total. The Kier molecular flexibility index (Phi) is 2.50. The van der Waals surface area contributed by atoms with E-state index < -0.39 is 17.0 Å². The number of aromatic nitrogens is 2. The molecule has 102 valence electrons. The van der Waals surface area contributed by atoms with Crippen molar-refractivity contribution >= 4 is 5.97 Å². The number of aromatic carboxylic acids is 1. The highest BCUT2D eigenvalue weighted by atomic mass is 16.4. The van der Waals surface area contributed by atoms with Crippen LogP contribution in [0.2, 0.25) is 0 Å². The van der Waals surface area contributed by atoms with E-state index in [1.807, 2.05) is 0 Å². The SMILES string of the molecule is O=C(O)c1cn2c(cc1=O)-c1[nH]c(=O)c(O)cc1CC2. The first kappa shape index (κ1) is 12.2. The Hall–Kier alpha value is -2.83. The minimum absolute atomic E-state index is 0.307. The third-order valence-corrected chi connectivity index (χ3v) is 3.34. The Morgan fingerprint density at radius 3 is 2.75 bits per heavy atom. The standard InChI is InChI=1S/C13H10N2O5/c16-9-4-8-11-6(3-10(17)12(18)14-11)1-2-15(8)5-7(9)13(19)20/h3-5,17H,1-2H2,(H,14,18)(H,19,20). The smallest absolute Gasteiger partial charge is 0.341 e. The van der Waals surface area contributed by atoms with Gasteiger partial charge in [-0.3, -0.25) is 9.59 Å². The third kappa shape index (κ3) is 1.71. The summed E-state index contributed by atoms with van der Waals surface area (Å²) < 4.78 is 1.61. The highest BCUT2D eigenvalue weighted by molar-refractivity contribution is 5.87. The second-order valence-electron chi connectivity index (χ2n) is 4.57. The van der Waals surface area contributed by atoms with Crippen LogP contribution in [0.5, 0.6) is 5.75 Å². The highest BCUT2D eigenvalue weighted by Gasteiger charge is 2.20. The predicted octanol–water partition coefficient (Wildman–Crippen LogP) is 0.164. The van der Waals surface area contributed by atoms with Gasteiger partial charge < -0.3 is 19.8 Å². The van der Waals surface area contributed by atoms with Gasteiger partial charge in [0, 0.05) is 18.8 Å². The molecule has 2 aromatic rings. The quantitative estimate of drug-likeness (QED) is 0.686. The maximum Gasteiger partial charge on any atom is 0.341 e. The molecule has 0 saturated heterocycles. The van der Waals surface area contributed by atoms with Crippen molar-refractivity contribution in [2.75, 3.05) is 0 Å². The van der Waals surface area contributed by atoms with E-state index in [0.717, 1.165) is 0 Å². The average molecular weight is 274 g/mol. The average Bonchev–Trinajstić information content (AvgIpc) is 2.39. The van der Waals surface area contributed by atoms with Gasteiger partial charge >= 0.3 is 5.97 Å². The lowest BCUT2D eigenvalue weighted by molar-refractivity contribution is 0.0694. The van der Waals surface area contributed by atoms with Gasteiger partial charge in [-0.2, -0.15) is 0 Å². The number of carboxylic acids is 1. The van der Waals surface area contributed by atoms with Crippen LogP contribution in [0.1, 0.15) is 15.9 Å². The van der Waals surface area contributed by atoms with Crippen molar-refractivity contribution in [1.29, 1.82) is 0 Å². The molecule has 0 aromatic carbocycles. The van der Waals surface area contributed by atoms with Gasteiger partial charge in [-0.15, -0.1) is 0 Å². The number of hydrogen-bond acceptors (Lipinski definition) is 4. The summed E-state index contributed by atoms with van der Waals surface area (Å²) in [7, 11) is 0. The zero-order valence-corrected chi connectivity index (χ0v) is 10.2. The molecule has 3 N–H and O–H groups in total. The molecule has 0 spiro atoms. The van der Waals surface area contributed by atoms with E-state index in [-0.39, 0.29) is 11.3 Å². The molecule has 3 heterocycles. The van der Waals surface area contributed by atoms with Crippen molar-refractivity contribution in [2.24, 2.45) is 0 Å². The molecule has 0 atom stereocenters. The summed E-state index contributed by atoms with van der Waals surface area (Å²) in [4.78, 5) is 36.7. The van der Waals surface area contributed by atoms with Crippen LogP contribution in [0.25, 0.3) is 11.4 Å². The maximum atomic E-state index is 11.8. The van der Waals surface area contributed by atoms with Gasteiger partial charge in [0.25, 0.3) is 5.56 Å². The number of pyridine rings is 2. The van der Waals surface area contributed by atoms with E-state index >= 15 is 0 Å². The summed E-state index contributed by atoms with van der Waals surface area (Å²) in [6.07, 6.45) is 1.79.